The van der Waals surface area contributed by atoms with E-state index in [1.165, 1.54) is 4.57 Å². The summed E-state index contributed by atoms with van der Waals surface area (Å²) < 4.78 is 35.2. The van der Waals surface area contributed by atoms with Crippen molar-refractivity contribution < 1.29 is 32.9 Å². The zero-order valence-electron chi connectivity index (χ0n) is 12.8. The van der Waals surface area contributed by atoms with E-state index >= 15 is 0 Å². The van der Waals surface area contributed by atoms with Gasteiger partial charge in [0.05, 0.1) is 16.6 Å². The molecule has 2 aromatic rings. The van der Waals surface area contributed by atoms with E-state index in [4.69, 9.17) is 32.9 Å². The first-order valence-corrected chi connectivity index (χ1v) is 8.90. The number of hydrogen-bond acceptors (Lipinski definition) is 4. The van der Waals surface area contributed by atoms with Gasteiger partial charge in [-0.25, -0.2) is 9.13 Å². The van der Waals surface area contributed by atoms with Crippen LogP contribution in [0.2, 0.25) is 10.0 Å². The number of carbonyl (C=O) groups is 1. The van der Waals surface area contributed by atoms with Gasteiger partial charge in [0.1, 0.15) is 6.54 Å². The standard InChI is InChI=1S/C13H14Cl2N2O5S.H2O/c1-3-16-7(2)17(6-12(13(18)19)23(20,21)22)11-5-9(15)8(14)4-10(11)16;/h4-5,12H,3,6H2,1-2H3,(H-,18,19,20,21,22);1H2. The molecule has 0 bridgehead atoms. The SMILES string of the molecule is CCn1c(C)[n+](CC(C(=O)O)S(=O)(=O)O)c2cc(Cl)c(Cl)cc21.[OH-]. The van der Waals surface area contributed by atoms with E-state index in [-0.39, 0.29) is 10.5 Å². The fourth-order valence-electron chi connectivity index (χ4n) is 2.55. The van der Waals surface area contributed by atoms with Crippen LogP contribution in [-0.4, -0.2) is 39.3 Å². The van der Waals surface area contributed by atoms with Crippen LogP contribution in [0.25, 0.3) is 11.0 Å². The number of aryl methyl sites for hydroxylation is 1. The monoisotopic (exact) mass is 398 g/mol. The second-order valence-electron chi connectivity index (χ2n) is 5.00. The van der Waals surface area contributed by atoms with Gasteiger partial charge in [0, 0.05) is 19.1 Å². The van der Waals surface area contributed by atoms with Crippen LogP contribution in [0.1, 0.15) is 12.7 Å². The Bertz CT molecular complexity index is 894. The predicted molar refractivity (Wildman–Crippen MR) is 87.5 cm³/mol. The van der Waals surface area contributed by atoms with Crippen LogP contribution in [0.3, 0.4) is 0 Å². The first-order valence-electron chi connectivity index (χ1n) is 6.64. The van der Waals surface area contributed by atoms with Crippen LogP contribution in [0.15, 0.2) is 12.1 Å². The van der Waals surface area contributed by atoms with Crippen LogP contribution in [0.5, 0.6) is 0 Å². The number of carboxylic acids is 1. The molecule has 1 unspecified atom stereocenters. The van der Waals surface area contributed by atoms with Crippen LogP contribution < -0.4 is 4.57 Å². The molecule has 1 aromatic carbocycles. The predicted octanol–water partition coefficient (Wildman–Crippen LogP) is 1.73. The number of aromatic nitrogens is 2. The lowest BCUT2D eigenvalue weighted by Gasteiger charge is -2.08. The molecule has 0 saturated carbocycles. The molecule has 0 fully saturated rings. The van der Waals surface area contributed by atoms with E-state index in [9.17, 15) is 13.2 Å². The van der Waals surface area contributed by atoms with Gasteiger partial charge in [-0.1, -0.05) is 23.2 Å². The molecule has 24 heavy (non-hydrogen) atoms. The van der Waals surface area contributed by atoms with Gasteiger partial charge < -0.3 is 10.6 Å². The first kappa shape index (κ1) is 20.7. The number of rotatable bonds is 5. The van der Waals surface area contributed by atoms with E-state index in [0.717, 1.165) is 0 Å². The van der Waals surface area contributed by atoms with Gasteiger partial charge in [-0.2, -0.15) is 8.42 Å². The summed E-state index contributed by atoms with van der Waals surface area (Å²) in [5, 5.41) is 7.71. The van der Waals surface area contributed by atoms with Crippen molar-refractivity contribution in [2.45, 2.75) is 32.2 Å². The molecule has 0 spiro atoms. The maximum absolute atomic E-state index is 11.3. The number of carboxylic acid groups (broad SMARTS) is 1. The van der Waals surface area contributed by atoms with Crippen molar-refractivity contribution in [3.05, 3.63) is 28.0 Å². The molecule has 8 nitrogen and oxygen atoms in total. The number of halogens is 2. The lowest BCUT2D eigenvalue weighted by atomic mass is 10.3. The Morgan fingerprint density at radius 3 is 2.33 bits per heavy atom. The fourth-order valence-corrected chi connectivity index (χ4v) is 3.46. The summed E-state index contributed by atoms with van der Waals surface area (Å²) in [6.45, 7) is 3.73. The van der Waals surface area contributed by atoms with Crippen molar-refractivity contribution >= 4 is 50.3 Å². The molecule has 1 heterocycles. The Hall–Kier alpha value is -1.39. The Labute approximate surface area is 148 Å². The Kier molecular flexibility index (Phi) is 6.23. The Morgan fingerprint density at radius 1 is 1.33 bits per heavy atom. The van der Waals surface area contributed by atoms with Gasteiger partial charge in [-0.15, -0.1) is 0 Å². The number of imidazole rings is 1. The van der Waals surface area contributed by atoms with Crippen molar-refractivity contribution in [1.82, 2.24) is 4.57 Å². The van der Waals surface area contributed by atoms with Gasteiger partial charge in [-0.3, -0.25) is 9.35 Å². The molecule has 1 atom stereocenters. The Morgan fingerprint density at radius 2 is 1.88 bits per heavy atom. The molecule has 0 amide bonds. The highest BCUT2D eigenvalue weighted by Gasteiger charge is 2.36. The largest absolute Gasteiger partial charge is 0.870 e. The normalized spacial score (nSPS) is 12.9. The highest BCUT2D eigenvalue weighted by Crippen LogP contribution is 2.27. The summed E-state index contributed by atoms with van der Waals surface area (Å²) in [6, 6.07) is 3.18. The van der Waals surface area contributed by atoms with Gasteiger partial charge in [0.25, 0.3) is 15.9 Å². The molecule has 134 valence electrons. The molecule has 0 radical (unpaired) electrons. The maximum atomic E-state index is 11.3. The number of nitrogens with zero attached hydrogens (tertiary/aromatic N) is 2. The average Bonchev–Trinajstić information content (AvgIpc) is 2.66. The van der Waals surface area contributed by atoms with Gasteiger partial charge in [0.2, 0.25) is 5.25 Å². The molecule has 0 aliphatic heterocycles. The van der Waals surface area contributed by atoms with Crippen molar-refractivity contribution in [1.29, 1.82) is 0 Å². The molecular formula is C13H16Cl2N2O6S. The summed E-state index contributed by atoms with van der Waals surface area (Å²) in [7, 11) is -4.75. The molecule has 0 aliphatic carbocycles. The quantitative estimate of drug-likeness (QED) is 0.582. The fraction of sp³-hybridized carbons (Fsp3) is 0.385. The summed E-state index contributed by atoms with van der Waals surface area (Å²) in [5.41, 5.74) is 1.23. The van der Waals surface area contributed by atoms with E-state index in [0.29, 0.717) is 28.4 Å². The third-order valence-corrected chi connectivity index (χ3v) is 5.47. The second kappa shape index (κ2) is 7.24. The molecule has 0 aliphatic rings. The highest BCUT2D eigenvalue weighted by molar-refractivity contribution is 7.87. The second-order valence-corrected chi connectivity index (χ2v) is 7.41. The van der Waals surface area contributed by atoms with E-state index in [1.54, 1.807) is 19.1 Å². The third kappa shape index (κ3) is 3.65. The van der Waals surface area contributed by atoms with Crippen LogP contribution >= 0.6 is 23.2 Å². The molecular weight excluding hydrogens is 383 g/mol. The Balaban J connectivity index is 0.00000288. The minimum atomic E-state index is -4.75. The van der Waals surface area contributed by atoms with Crippen LogP contribution in [0, 0.1) is 6.92 Å². The zero-order valence-corrected chi connectivity index (χ0v) is 15.1. The van der Waals surface area contributed by atoms with Gasteiger partial charge >= 0.3 is 5.97 Å². The lowest BCUT2D eigenvalue weighted by molar-refractivity contribution is -0.676. The maximum Gasteiger partial charge on any atom is 0.328 e. The lowest BCUT2D eigenvalue weighted by Crippen LogP contribution is -2.47. The van der Waals surface area contributed by atoms with Crippen molar-refractivity contribution in [3.8, 4) is 0 Å². The summed E-state index contributed by atoms with van der Waals surface area (Å²) >= 11 is 12.0. The molecule has 11 heteroatoms. The van der Waals surface area contributed by atoms with E-state index < -0.39 is 27.9 Å². The molecule has 2 rings (SSSR count). The minimum Gasteiger partial charge on any atom is -0.870 e. The van der Waals surface area contributed by atoms with Crippen LogP contribution in [0.4, 0.5) is 0 Å². The average molecular weight is 399 g/mol. The van der Waals surface area contributed by atoms with Crippen molar-refractivity contribution in [2.24, 2.45) is 0 Å². The van der Waals surface area contributed by atoms with E-state index in [2.05, 4.69) is 0 Å². The molecule has 3 N–H and O–H groups in total. The number of hydrogen-bond donors (Lipinski definition) is 2. The topological polar surface area (TPSA) is 130 Å². The zero-order chi connectivity index (χ0) is 17.5. The summed E-state index contributed by atoms with van der Waals surface area (Å²) in [4.78, 5) is 11.2. The highest BCUT2D eigenvalue weighted by atomic mass is 35.5. The van der Waals surface area contributed by atoms with E-state index in [1.807, 2.05) is 11.5 Å². The minimum absolute atomic E-state index is 0. The number of fused-ring (bicyclic) bond motifs is 1. The van der Waals surface area contributed by atoms with Gasteiger partial charge in [-0.05, 0) is 6.92 Å². The first-order chi connectivity index (χ1) is 10.6. The van der Waals surface area contributed by atoms with Gasteiger partial charge in [0.15, 0.2) is 11.0 Å². The smallest absolute Gasteiger partial charge is 0.328 e. The third-order valence-electron chi connectivity index (χ3n) is 3.68. The molecule has 1 aromatic heterocycles. The molecule has 0 saturated heterocycles. The summed E-state index contributed by atoms with van der Waals surface area (Å²) in [5.74, 6) is -1.01. The summed E-state index contributed by atoms with van der Waals surface area (Å²) in [6.07, 6.45) is 0. The number of benzene rings is 1. The van der Waals surface area contributed by atoms with Crippen molar-refractivity contribution in [2.75, 3.05) is 0 Å². The van der Waals surface area contributed by atoms with Crippen molar-refractivity contribution in [3.63, 3.8) is 0 Å². The number of aliphatic carboxylic acids is 1. The van der Waals surface area contributed by atoms with Crippen LogP contribution in [-0.2, 0) is 28.0 Å².